The molecule has 5 heteroatoms. The number of carbonyl (C=O) groups is 1. The van der Waals surface area contributed by atoms with Gasteiger partial charge in [0.25, 0.3) is 0 Å². The van der Waals surface area contributed by atoms with Crippen molar-refractivity contribution in [3.05, 3.63) is 51.5 Å². The number of nitrogens with one attached hydrogen (secondary N) is 2. The van der Waals surface area contributed by atoms with E-state index in [-0.39, 0.29) is 6.03 Å². The van der Waals surface area contributed by atoms with Gasteiger partial charge in [-0.15, -0.1) is 11.3 Å². The second-order valence-corrected chi connectivity index (χ2v) is 5.32. The number of urea groups is 1. The molecule has 2 rings (SSSR count). The van der Waals surface area contributed by atoms with Gasteiger partial charge < -0.3 is 10.6 Å². The zero-order chi connectivity index (χ0) is 13.7. The second kappa shape index (κ2) is 6.33. The molecule has 0 unspecified atom stereocenters. The normalized spacial score (nSPS) is 10.2. The van der Waals surface area contributed by atoms with Crippen LogP contribution in [0.5, 0.6) is 0 Å². The van der Waals surface area contributed by atoms with Crippen LogP contribution in [0.4, 0.5) is 4.79 Å². The van der Waals surface area contributed by atoms with Gasteiger partial charge in [0.2, 0.25) is 0 Å². The van der Waals surface area contributed by atoms with Crippen molar-refractivity contribution in [3.8, 4) is 0 Å². The van der Waals surface area contributed by atoms with Crippen molar-refractivity contribution in [3.63, 3.8) is 0 Å². The van der Waals surface area contributed by atoms with Gasteiger partial charge in [0.05, 0.1) is 17.7 Å². The lowest BCUT2D eigenvalue weighted by Crippen LogP contribution is -2.34. The van der Waals surface area contributed by atoms with Crippen LogP contribution in [0.15, 0.2) is 29.8 Å². The lowest BCUT2D eigenvalue weighted by atomic mass is 10.1. The van der Waals surface area contributed by atoms with Crippen molar-refractivity contribution in [1.29, 1.82) is 0 Å². The minimum Gasteiger partial charge on any atom is -0.334 e. The maximum atomic E-state index is 11.7. The number of hydrogen-bond acceptors (Lipinski definition) is 3. The fraction of sp³-hybridized carbons (Fsp3) is 0.286. The summed E-state index contributed by atoms with van der Waals surface area (Å²) in [5.41, 5.74) is 5.07. The molecule has 1 aromatic carbocycles. The first-order valence-electron chi connectivity index (χ1n) is 6.11. The fourth-order valence-electron chi connectivity index (χ4n) is 1.61. The summed E-state index contributed by atoms with van der Waals surface area (Å²) in [6.45, 7) is 5.04. The number of hydrogen-bond donors (Lipinski definition) is 2. The first-order valence-corrected chi connectivity index (χ1v) is 6.99. The van der Waals surface area contributed by atoms with Gasteiger partial charge in [-0.2, -0.15) is 0 Å². The lowest BCUT2D eigenvalue weighted by molar-refractivity contribution is 0.240. The molecule has 1 aromatic heterocycles. The van der Waals surface area contributed by atoms with E-state index in [9.17, 15) is 4.79 Å². The molecule has 0 radical (unpaired) electrons. The second-order valence-electron chi connectivity index (χ2n) is 4.38. The molecule has 0 aliphatic rings. The summed E-state index contributed by atoms with van der Waals surface area (Å²) >= 11 is 1.55. The van der Waals surface area contributed by atoms with E-state index in [0.29, 0.717) is 13.1 Å². The molecule has 0 fully saturated rings. The Morgan fingerprint density at radius 3 is 2.47 bits per heavy atom. The fourth-order valence-corrected chi connectivity index (χ4v) is 2.32. The van der Waals surface area contributed by atoms with E-state index in [1.807, 2.05) is 38.1 Å². The lowest BCUT2D eigenvalue weighted by Gasteiger charge is -2.07. The highest BCUT2D eigenvalue weighted by Crippen LogP contribution is 2.11. The van der Waals surface area contributed by atoms with Crippen LogP contribution in [0, 0.1) is 13.8 Å². The molecule has 0 aliphatic heterocycles. The Labute approximate surface area is 116 Å². The number of benzene rings is 1. The summed E-state index contributed by atoms with van der Waals surface area (Å²) in [6, 6.07) is 7.95. The van der Waals surface area contributed by atoms with Crippen molar-refractivity contribution < 1.29 is 4.79 Å². The summed E-state index contributed by atoms with van der Waals surface area (Å²) < 4.78 is 0. The molecule has 2 aromatic rings. The van der Waals surface area contributed by atoms with E-state index in [1.165, 1.54) is 5.56 Å². The van der Waals surface area contributed by atoms with E-state index >= 15 is 0 Å². The zero-order valence-corrected chi connectivity index (χ0v) is 11.9. The molecular formula is C14H17N3OS. The number of amides is 2. The number of rotatable bonds is 4. The van der Waals surface area contributed by atoms with Crippen LogP contribution in [0.2, 0.25) is 0 Å². The molecule has 0 aliphatic carbocycles. The van der Waals surface area contributed by atoms with Crippen molar-refractivity contribution >= 4 is 17.4 Å². The number of thiazole rings is 1. The van der Waals surface area contributed by atoms with E-state index < -0.39 is 0 Å². The van der Waals surface area contributed by atoms with Gasteiger partial charge in [-0.25, -0.2) is 9.78 Å². The van der Waals surface area contributed by atoms with Crippen molar-refractivity contribution in [2.24, 2.45) is 0 Å². The van der Waals surface area contributed by atoms with E-state index in [0.717, 1.165) is 16.1 Å². The topological polar surface area (TPSA) is 54.0 Å². The summed E-state index contributed by atoms with van der Waals surface area (Å²) in [5, 5.41) is 5.66. The van der Waals surface area contributed by atoms with Gasteiger partial charge in [-0.3, -0.25) is 0 Å². The smallest absolute Gasteiger partial charge is 0.315 e. The van der Waals surface area contributed by atoms with Crippen LogP contribution in [0.3, 0.4) is 0 Å². The Morgan fingerprint density at radius 2 is 1.84 bits per heavy atom. The maximum Gasteiger partial charge on any atom is 0.315 e. The Hall–Kier alpha value is -1.88. The number of carbonyl (C=O) groups excluding carboxylic acids is 1. The predicted octanol–water partition coefficient (Wildman–Crippen LogP) is 2.76. The summed E-state index contributed by atoms with van der Waals surface area (Å²) in [5.74, 6) is 0. The summed E-state index contributed by atoms with van der Waals surface area (Å²) in [7, 11) is 0. The quantitative estimate of drug-likeness (QED) is 0.901. The van der Waals surface area contributed by atoms with Gasteiger partial charge >= 0.3 is 6.03 Å². The van der Waals surface area contributed by atoms with Crippen LogP contribution in [-0.2, 0) is 13.1 Å². The Bertz CT molecular complexity index is 548. The molecule has 0 atom stereocenters. The largest absolute Gasteiger partial charge is 0.334 e. The van der Waals surface area contributed by atoms with Crippen LogP contribution in [0.1, 0.15) is 21.7 Å². The van der Waals surface area contributed by atoms with Crippen LogP contribution >= 0.6 is 11.3 Å². The van der Waals surface area contributed by atoms with E-state index in [4.69, 9.17) is 0 Å². The average molecular weight is 275 g/mol. The molecule has 0 saturated heterocycles. The minimum absolute atomic E-state index is 0.159. The third-order valence-corrected chi connectivity index (χ3v) is 3.76. The first kappa shape index (κ1) is 13.5. The SMILES string of the molecule is Cc1ccc(CNC(=O)NCc2scnc2C)cc1. The van der Waals surface area contributed by atoms with Gasteiger partial charge in [0, 0.05) is 11.4 Å². The van der Waals surface area contributed by atoms with Crippen molar-refractivity contribution in [2.45, 2.75) is 26.9 Å². The summed E-state index contributed by atoms with van der Waals surface area (Å²) in [6.07, 6.45) is 0. The standard InChI is InChI=1S/C14H17N3OS/c1-10-3-5-12(6-4-10)7-15-14(18)16-8-13-11(2)17-9-19-13/h3-6,9H,7-8H2,1-2H3,(H2,15,16,18). The van der Waals surface area contributed by atoms with Gasteiger partial charge in [-0.05, 0) is 19.4 Å². The molecule has 0 spiro atoms. The Balaban J connectivity index is 1.76. The highest BCUT2D eigenvalue weighted by atomic mass is 32.1. The van der Waals surface area contributed by atoms with Crippen LogP contribution in [-0.4, -0.2) is 11.0 Å². The number of aromatic nitrogens is 1. The van der Waals surface area contributed by atoms with Gasteiger partial charge in [-0.1, -0.05) is 29.8 Å². The Kier molecular flexibility index (Phi) is 4.52. The molecular weight excluding hydrogens is 258 g/mol. The molecule has 1 heterocycles. The molecule has 0 bridgehead atoms. The van der Waals surface area contributed by atoms with Crippen LogP contribution in [0.25, 0.3) is 0 Å². The van der Waals surface area contributed by atoms with Gasteiger partial charge in [0.1, 0.15) is 0 Å². The first-order chi connectivity index (χ1) is 9.15. The van der Waals surface area contributed by atoms with Crippen LogP contribution < -0.4 is 10.6 Å². The van der Waals surface area contributed by atoms with Crippen molar-refractivity contribution in [1.82, 2.24) is 15.6 Å². The molecule has 4 nitrogen and oxygen atoms in total. The Morgan fingerprint density at radius 1 is 1.16 bits per heavy atom. The monoisotopic (exact) mass is 275 g/mol. The number of nitrogens with zero attached hydrogens (tertiary/aromatic N) is 1. The minimum atomic E-state index is -0.159. The molecule has 2 amide bonds. The average Bonchev–Trinajstić information content (AvgIpc) is 2.81. The number of aryl methyl sites for hydroxylation is 2. The third kappa shape index (κ3) is 4.06. The summed E-state index contributed by atoms with van der Waals surface area (Å²) in [4.78, 5) is 16.9. The van der Waals surface area contributed by atoms with Crippen molar-refractivity contribution in [2.75, 3.05) is 0 Å². The van der Waals surface area contributed by atoms with E-state index in [1.54, 1.807) is 16.8 Å². The van der Waals surface area contributed by atoms with E-state index in [2.05, 4.69) is 15.6 Å². The highest BCUT2D eigenvalue weighted by molar-refractivity contribution is 7.09. The molecule has 2 N–H and O–H groups in total. The molecule has 100 valence electrons. The predicted molar refractivity (Wildman–Crippen MR) is 77.1 cm³/mol. The zero-order valence-electron chi connectivity index (χ0n) is 11.1. The molecule has 0 saturated carbocycles. The maximum absolute atomic E-state index is 11.7. The van der Waals surface area contributed by atoms with Gasteiger partial charge in [0.15, 0.2) is 0 Å². The molecule has 19 heavy (non-hydrogen) atoms. The third-order valence-electron chi connectivity index (χ3n) is 2.83. The highest BCUT2D eigenvalue weighted by Gasteiger charge is 2.04.